The maximum atomic E-state index is 13.1. The molecule has 0 radical (unpaired) electrons. The van der Waals surface area contributed by atoms with Crippen LogP contribution in [-0.2, 0) is 9.59 Å². The Morgan fingerprint density at radius 1 is 1.00 bits per heavy atom. The lowest BCUT2D eigenvalue weighted by Gasteiger charge is -2.29. The Hall–Kier alpha value is -3.29. The first-order valence-electron chi connectivity index (χ1n) is 9.24. The number of carbonyl (C=O) groups excluding carboxylic acids is 2. The first-order chi connectivity index (χ1) is 14.4. The van der Waals surface area contributed by atoms with Crippen LogP contribution >= 0.6 is 23.6 Å². The second kappa shape index (κ2) is 8.22. The molecular weight excluding hydrogens is 416 g/mol. The molecule has 2 aromatic carbocycles. The number of aryl methyl sites for hydroxylation is 2. The highest BCUT2D eigenvalue weighted by Gasteiger charge is 2.34. The van der Waals surface area contributed by atoms with Crippen molar-refractivity contribution in [3.8, 4) is 11.5 Å². The number of rotatable bonds is 4. The number of hydrogen-bond acceptors (Lipinski definition) is 5. The normalized spacial score (nSPS) is 15.5. The van der Waals surface area contributed by atoms with Crippen LogP contribution in [-0.4, -0.2) is 16.9 Å². The minimum absolute atomic E-state index is 0.0501. The molecule has 2 heterocycles. The van der Waals surface area contributed by atoms with Crippen LogP contribution in [0.25, 0.3) is 6.08 Å². The average Bonchev–Trinajstić information content (AvgIpc) is 3.04. The smallest absolute Gasteiger partial charge is 0.270 e. The number of thiophene rings is 1. The molecule has 1 fully saturated rings. The molecule has 1 saturated heterocycles. The standard InChI is InChI=1S/C23H18N2O3S2/c1-14-12-16(15(2)30-14)13-20-21(26)24-23(29)25(22(20)27)17-8-10-19(11-9-17)28-18-6-4-3-5-7-18/h3-13H,1-2H3,(H,24,26,29). The van der Waals surface area contributed by atoms with Crippen molar-refractivity contribution >= 4 is 52.2 Å². The number of ether oxygens (including phenoxy) is 1. The van der Waals surface area contributed by atoms with Crippen LogP contribution in [0, 0.1) is 13.8 Å². The third-order valence-electron chi connectivity index (χ3n) is 4.55. The van der Waals surface area contributed by atoms with Gasteiger partial charge in [-0.3, -0.25) is 19.8 Å². The number of hydrogen-bond donors (Lipinski definition) is 1. The molecule has 2 amide bonds. The maximum absolute atomic E-state index is 13.1. The van der Waals surface area contributed by atoms with Crippen molar-refractivity contribution in [2.45, 2.75) is 13.8 Å². The van der Waals surface area contributed by atoms with Crippen molar-refractivity contribution in [1.82, 2.24) is 5.32 Å². The number of anilines is 1. The Kier molecular flexibility index (Phi) is 5.48. The molecule has 7 heteroatoms. The quantitative estimate of drug-likeness (QED) is 0.357. The fourth-order valence-electron chi connectivity index (χ4n) is 3.13. The van der Waals surface area contributed by atoms with Crippen molar-refractivity contribution in [3.63, 3.8) is 0 Å². The molecule has 0 aliphatic carbocycles. The Labute approximate surface area is 183 Å². The number of amides is 2. The number of carbonyl (C=O) groups is 2. The lowest BCUT2D eigenvalue weighted by atomic mass is 10.1. The summed E-state index contributed by atoms with van der Waals surface area (Å²) in [4.78, 5) is 29.0. The van der Waals surface area contributed by atoms with E-state index in [1.165, 1.54) is 4.90 Å². The van der Waals surface area contributed by atoms with Gasteiger partial charge in [0.25, 0.3) is 11.8 Å². The van der Waals surface area contributed by atoms with Gasteiger partial charge in [0.15, 0.2) is 5.11 Å². The molecule has 150 valence electrons. The van der Waals surface area contributed by atoms with Crippen molar-refractivity contribution < 1.29 is 14.3 Å². The monoisotopic (exact) mass is 434 g/mol. The first kappa shape index (κ1) is 20.0. The molecule has 0 saturated carbocycles. The van der Waals surface area contributed by atoms with Crippen molar-refractivity contribution in [2.24, 2.45) is 0 Å². The maximum Gasteiger partial charge on any atom is 0.270 e. The number of benzene rings is 2. The Morgan fingerprint density at radius 3 is 2.30 bits per heavy atom. The third kappa shape index (κ3) is 4.03. The van der Waals surface area contributed by atoms with Gasteiger partial charge in [-0.05, 0) is 80.2 Å². The van der Waals surface area contributed by atoms with Crippen LogP contribution in [0.3, 0.4) is 0 Å². The lowest BCUT2D eigenvalue weighted by Crippen LogP contribution is -2.54. The van der Waals surface area contributed by atoms with E-state index in [0.29, 0.717) is 17.2 Å². The molecule has 3 aromatic rings. The van der Waals surface area contributed by atoms with Crippen molar-refractivity contribution in [2.75, 3.05) is 4.90 Å². The number of nitrogens with zero attached hydrogens (tertiary/aromatic N) is 1. The van der Waals surface area contributed by atoms with Crippen molar-refractivity contribution in [1.29, 1.82) is 0 Å². The fraction of sp³-hybridized carbons (Fsp3) is 0.0870. The van der Waals surface area contributed by atoms with E-state index in [9.17, 15) is 9.59 Å². The van der Waals surface area contributed by atoms with Crippen molar-refractivity contribution in [3.05, 3.63) is 81.6 Å². The van der Waals surface area contributed by atoms with Gasteiger partial charge in [-0.25, -0.2) is 0 Å². The van der Waals surface area contributed by atoms with Gasteiger partial charge in [0, 0.05) is 9.75 Å². The summed E-state index contributed by atoms with van der Waals surface area (Å²) in [6.07, 6.45) is 1.62. The van der Waals surface area contributed by atoms with Gasteiger partial charge in [-0.1, -0.05) is 18.2 Å². The van der Waals surface area contributed by atoms with E-state index in [1.807, 2.05) is 50.2 Å². The van der Waals surface area contributed by atoms with Gasteiger partial charge in [0.05, 0.1) is 5.69 Å². The van der Waals surface area contributed by atoms with Gasteiger partial charge in [0.1, 0.15) is 17.1 Å². The highest BCUT2D eigenvalue weighted by molar-refractivity contribution is 7.80. The zero-order chi connectivity index (χ0) is 21.3. The van der Waals surface area contributed by atoms with Gasteiger partial charge in [-0.2, -0.15) is 0 Å². The molecule has 1 N–H and O–H groups in total. The minimum atomic E-state index is -0.492. The topological polar surface area (TPSA) is 58.6 Å². The molecule has 1 aliphatic heterocycles. The molecule has 0 atom stereocenters. The summed E-state index contributed by atoms with van der Waals surface area (Å²) >= 11 is 6.88. The largest absolute Gasteiger partial charge is 0.457 e. The van der Waals surface area contributed by atoms with Crippen LogP contribution in [0.2, 0.25) is 0 Å². The van der Waals surface area contributed by atoms with Crippen LogP contribution in [0.4, 0.5) is 5.69 Å². The molecule has 5 nitrogen and oxygen atoms in total. The van der Waals surface area contributed by atoms with E-state index in [-0.39, 0.29) is 10.7 Å². The molecule has 0 unspecified atom stereocenters. The zero-order valence-corrected chi connectivity index (χ0v) is 18.0. The molecule has 1 aliphatic rings. The summed E-state index contributed by atoms with van der Waals surface area (Å²) < 4.78 is 5.79. The third-order valence-corrected chi connectivity index (χ3v) is 5.82. The lowest BCUT2D eigenvalue weighted by molar-refractivity contribution is -0.122. The predicted molar refractivity (Wildman–Crippen MR) is 123 cm³/mol. The highest BCUT2D eigenvalue weighted by atomic mass is 32.1. The van der Waals surface area contributed by atoms with Gasteiger partial charge in [0.2, 0.25) is 0 Å². The van der Waals surface area contributed by atoms with E-state index in [0.717, 1.165) is 15.3 Å². The molecular formula is C23H18N2O3S2. The SMILES string of the molecule is Cc1cc(C=C2C(=O)NC(=S)N(c3ccc(Oc4ccccc4)cc3)C2=O)c(C)s1. The summed E-state index contributed by atoms with van der Waals surface area (Å²) in [6.45, 7) is 3.95. The van der Waals surface area contributed by atoms with E-state index >= 15 is 0 Å². The molecule has 0 spiro atoms. The van der Waals surface area contributed by atoms with E-state index in [4.69, 9.17) is 17.0 Å². The number of thiocarbonyl (C=S) groups is 1. The van der Waals surface area contributed by atoms with Crippen LogP contribution in [0.1, 0.15) is 15.3 Å². The van der Waals surface area contributed by atoms with E-state index in [1.54, 1.807) is 41.7 Å². The second-order valence-electron chi connectivity index (χ2n) is 6.74. The summed E-state index contributed by atoms with van der Waals surface area (Å²) in [5.74, 6) is 0.399. The van der Waals surface area contributed by atoms with Crippen LogP contribution in [0.5, 0.6) is 11.5 Å². The summed E-state index contributed by atoms with van der Waals surface area (Å²) in [5, 5.41) is 2.66. The summed E-state index contributed by atoms with van der Waals surface area (Å²) in [6, 6.07) is 18.3. The Bertz CT molecular complexity index is 1160. The first-order valence-corrected chi connectivity index (χ1v) is 10.5. The van der Waals surface area contributed by atoms with E-state index < -0.39 is 11.8 Å². The summed E-state index contributed by atoms with van der Waals surface area (Å²) in [7, 11) is 0. The zero-order valence-electron chi connectivity index (χ0n) is 16.3. The second-order valence-corrected chi connectivity index (χ2v) is 8.58. The molecule has 4 rings (SSSR count). The average molecular weight is 435 g/mol. The van der Waals surface area contributed by atoms with Gasteiger partial charge in [-0.15, -0.1) is 11.3 Å². The Morgan fingerprint density at radius 2 is 1.67 bits per heavy atom. The highest BCUT2D eigenvalue weighted by Crippen LogP contribution is 2.28. The molecule has 30 heavy (non-hydrogen) atoms. The number of para-hydroxylation sites is 1. The van der Waals surface area contributed by atoms with Crippen LogP contribution in [0.15, 0.2) is 66.2 Å². The predicted octanol–water partition coefficient (Wildman–Crippen LogP) is 4.99. The van der Waals surface area contributed by atoms with Crippen LogP contribution < -0.4 is 15.0 Å². The number of nitrogens with one attached hydrogen (secondary N) is 1. The molecule has 1 aromatic heterocycles. The van der Waals surface area contributed by atoms with Gasteiger partial charge >= 0.3 is 0 Å². The van der Waals surface area contributed by atoms with Gasteiger partial charge < -0.3 is 4.74 Å². The minimum Gasteiger partial charge on any atom is -0.457 e. The molecule has 0 bridgehead atoms. The fourth-order valence-corrected chi connectivity index (χ4v) is 4.31. The summed E-state index contributed by atoms with van der Waals surface area (Å²) in [5.41, 5.74) is 1.46. The van der Waals surface area contributed by atoms with E-state index in [2.05, 4.69) is 5.32 Å². The Balaban J connectivity index is 1.61.